The predicted octanol–water partition coefficient (Wildman–Crippen LogP) is 1.66. The van der Waals surface area contributed by atoms with E-state index in [4.69, 9.17) is 10.7 Å². The van der Waals surface area contributed by atoms with Gasteiger partial charge in [0.25, 0.3) is 0 Å². The molecule has 4 heteroatoms. The van der Waals surface area contributed by atoms with Gasteiger partial charge in [0.2, 0.25) is 0 Å². The van der Waals surface area contributed by atoms with E-state index in [2.05, 4.69) is 11.0 Å². The number of nitrogens with one attached hydrogen (secondary N) is 1. The van der Waals surface area contributed by atoms with Crippen molar-refractivity contribution in [3.8, 4) is 6.07 Å². The van der Waals surface area contributed by atoms with Crippen LogP contribution in [0.15, 0.2) is 23.9 Å². The first-order chi connectivity index (χ1) is 7.83. The predicted molar refractivity (Wildman–Crippen MR) is 60.9 cm³/mol. The zero-order valence-electron chi connectivity index (χ0n) is 8.90. The molecule has 1 N–H and O–H groups in total. The molecule has 4 nitrogen and oxygen atoms in total. The van der Waals surface area contributed by atoms with Crippen LogP contribution in [-0.2, 0) is 0 Å². The summed E-state index contributed by atoms with van der Waals surface area (Å²) in [5.74, 6) is 0.310. The Labute approximate surface area is 93.9 Å². The number of nitrogens with zero attached hydrogens (tertiary/aromatic N) is 3. The van der Waals surface area contributed by atoms with Gasteiger partial charge in [0, 0.05) is 19.3 Å². The maximum atomic E-state index is 9.17. The van der Waals surface area contributed by atoms with Crippen LogP contribution < -0.4 is 0 Å². The van der Waals surface area contributed by atoms with Gasteiger partial charge in [0.15, 0.2) is 0 Å². The third-order valence-corrected chi connectivity index (χ3v) is 3.24. The highest BCUT2D eigenvalue weighted by molar-refractivity contribution is 6.12. The van der Waals surface area contributed by atoms with Crippen molar-refractivity contribution in [2.75, 3.05) is 13.1 Å². The maximum absolute atomic E-state index is 9.17. The largest absolute Gasteiger partial charge is 0.369 e. The molecule has 3 heterocycles. The molecule has 0 aromatic carbocycles. The molecule has 2 aliphatic rings. The van der Waals surface area contributed by atoms with E-state index in [1.807, 2.05) is 18.3 Å². The van der Waals surface area contributed by atoms with Crippen molar-refractivity contribution in [3.63, 3.8) is 0 Å². The molecule has 0 unspecified atom stereocenters. The summed E-state index contributed by atoms with van der Waals surface area (Å²) in [7, 11) is 0. The van der Waals surface area contributed by atoms with Gasteiger partial charge in [-0.1, -0.05) is 0 Å². The summed E-state index contributed by atoms with van der Waals surface area (Å²) in [6.07, 6.45) is 4.20. The number of hydrogen-bond acceptors (Lipinski definition) is 3. The molecule has 0 atom stereocenters. The molecule has 1 aromatic heterocycles. The van der Waals surface area contributed by atoms with Crippen molar-refractivity contribution in [2.24, 2.45) is 0 Å². The Morgan fingerprint density at radius 3 is 2.75 bits per heavy atom. The first-order valence-electron chi connectivity index (χ1n) is 5.49. The third kappa shape index (κ3) is 1.06. The average Bonchev–Trinajstić information content (AvgIpc) is 2.96. The van der Waals surface area contributed by atoms with Gasteiger partial charge in [-0.3, -0.25) is 9.98 Å². The lowest BCUT2D eigenvalue weighted by molar-refractivity contribution is 0.491. The quantitative estimate of drug-likeness (QED) is 0.769. The molecule has 1 fully saturated rings. The molecule has 0 radical (unpaired) electrons. The van der Waals surface area contributed by atoms with E-state index in [9.17, 15) is 0 Å². The fraction of sp³-hybridized carbons (Fsp3) is 0.333. The second-order valence-corrected chi connectivity index (χ2v) is 4.14. The molecular formula is C12H12N4. The standard InChI is InChI=1S/C12H12N4/c13-8-9-11(15-5-1-2-6-15)10-4-3-7-16(10)12(9)14/h3-4,7,14H,1-2,5-6H2. The molecular weight excluding hydrogens is 200 g/mol. The Kier molecular flexibility index (Phi) is 1.87. The monoisotopic (exact) mass is 212 g/mol. The number of nitriles is 1. The van der Waals surface area contributed by atoms with E-state index < -0.39 is 0 Å². The first kappa shape index (κ1) is 9.22. The SMILES string of the molecule is N#CC1=C(N2CCCC2)c2cccn2C1=N. The van der Waals surface area contributed by atoms with Gasteiger partial charge in [-0.15, -0.1) is 0 Å². The Balaban J connectivity index is 2.15. The smallest absolute Gasteiger partial charge is 0.149 e. The van der Waals surface area contributed by atoms with Crippen molar-refractivity contribution in [1.29, 1.82) is 10.7 Å². The number of aromatic nitrogens is 1. The summed E-state index contributed by atoms with van der Waals surface area (Å²) in [5.41, 5.74) is 2.45. The van der Waals surface area contributed by atoms with E-state index in [-0.39, 0.29) is 0 Å². The van der Waals surface area contributed by atoms with E-state index in [1.54, 1.807) is 4.57 Å². The summed E-state index contributed by atoms with van der Waals surface area (Å²) in [6, 6.07) is 6.07. The van der Waals surface area contributed by atoms with Crippen molar-refractivity contribution < 1.29 is 0 Å². The average molecular weight is 212 g/mol. The van der Waals surface area contributed by atoms with Crippen molar-refractivity contribution >= 4 is 11.5 Å². The van der Waals surface area contributed by atoms with Crippen LogP contribution in [0.5, 0.6) is 0 Å². The molecule has 1 aromatic rings. The summed E-state index contributed by atoms with van der Waals surface area (Å²) < 4.78 is 1.78. The second kappa shape index (κ2) is 3.24. The van der Waals surface area contributed by atoms with Crippen LogP contribution in [0.2, 0.25) is 0 Å². The molecule has 0 bridgehead atoms. The summed E-state index contributed by atoms with van der Waals surface area (Å²) >= 11 is 0. The number of likely N-dealkylation sites (tertiary alicyclic amines) is 1. The highest BCUT2D eigenvalue weighted by atomic mass is 15.2. The van der Waals surface area contributed by atoms with Gasteiger partial charge < -0.3 is 4.90 Å². The van der Waals surface area contributed by atoms with E-state index in [0.29, 0.717) is 11.4 Å². The van der Waals surface area contributed by atoms with Gasteiger partial charge >= 0.3 is 0 Å². The molecule has 0 spiro atoms. The number of fused-ring (bicyclic) bond motifs is 1. The van der Waals surface area contributed by atoms with Crippen LogP contribution in [0.25, 0.3) is 5.70 Å². The van der Waals surface area contributed by atoms with Crippen LogP contribution in [0.1, 0.15) is 18.5 Å². The number of allylic oxidation sites excluding steroid dienone is 1. The molecule has 16 heavy (non-hydrogen) atoms. The minimum absolute atomic E-state index is 0.310. The topological polar surface area (TPSA) is 55.8 Å². The Morgan fingerprint density at radius 2 is 2.06 bits per heavy atom. The van der Waals surface area contributed by atoms with Crippen molar-refractivity contribution in [1.82, 2.24) is 9.47 Å². The van der Waals surface area contributed by atoms with E-state index in [0.717, 1.165) is 24.5 Å². The van der Waals surface area contributed by atoms with Gasteiger partial charge in [-0.05, 0) is 25.0 Å². The van der Waals surface area contributed by atoms with E-state index >= 15 is 0 Å². The lowest BCUT2D eigenvalue weighted by Gasteiger charge is -2.18. The highest BCUT2D eigenvalue weighted by Crippen LogP contribution is 2.32. The summed E-state index contributed by atoms with van der Waals surface area (Å²) in [5, 5.41) is 17.1. The lowest BCUT2D eigenvalue weighted by Crippen LogP contribution is -2.17. The normalized spacial score (nSPS) is 19.2. The van der Waals surface area contributed by atoms with Crippen molar-refractivity contribution in [3.05, 3.63) is 29.6 Å². The van der Waals surface area contributed by atoms with Crippen LogP contribution in [0.4, 0.5) is 0 Å². The first-order valence-corrected chi connectivity index (χ1v) is 5.49. The minimum Gasteiger partial charge on any atom is -0.369 e. The zero-order chi connectivity index (χ0) is 11.1. The molecule has 0 aliphatic carbocycles. The molecule has 1 saturated heterocycles. The third-order valence-electron chi connectivity index (χ3n) is 3.24. The molecule has 0 saturated carbocycles. The van der Waals surface area contributed by atoms with Gasteiger partial charge in [0.1, 0.15) is 17.5 Å². The Hall–Kier alpha value is -2.02. The van der Waals surface area contributed by atoms with Crippen LogP contribution in [0.3, 0.4) is 0 Å². The molecule has 3 rings (SSSR count). The molecule has 80 valence electrons. The van der Waals surface area contributed by atoms with Crippen LogP contribution in [-0.4, -0.2) is 28.4 Å². The zero-order valence-corrected chi connectivity index (χ0v) is 8.90. The Bertz CT molecular complexity index is 523. The van der Waals surface area contributed by atoms with Crippen molar-refractivity contribution in [2.45, 2.75) is 12.8 Å². The van der Waals surface area contributed by atoms with E-state index in [1.165, 1.54) is 12.8 Å². The summed E-state index contributed by atoms with van der Waals surface area (Å²) in [6.45, 7) is 2.00. The number of rotatable bonds is 1. The molecule has 0 amide bonds. The van der Waals surface area contributed by atoms with Gasteiger partial charge in [0.05, 0.1) is 11.4 Å². The van der Waals surface area contributed by atoms with Crippen LogP contribution >= 0.6 is 0 Å². The fourth-order valence-corrected chi connectivity index (χ4v) is 2.50. The maximum Gasteiger partial charge on any atom is 0.149 e. The highest BCUT2D eigenvalue weighted by Gasteiger charge is 2.30. The minimum atomic E-state index is 0.310. The fourth-order valence-electron chi connectivity index (χ4n) is 2.50. The van der Waals surface area contributed by atoms with Gasteiger partial charge in [-0.25, -0.2) is 0 Å². The number of hydrogen-bond donors (Lipinski definition) is 1. The lowest BCUT2D eigenvalue weighted by atomic mass is 10.2. The second-order valence-electron chi connectivity index (χ2n) is 4.14. The van der Waals surface area contributed by atoms with Gasteiger partial charge in [-0.2, -0.15) is 5.26 Å². The molecule has 2 aliphatic heterocycles. The summed E-state index contributed by atoms with van der Waals surface area (Å²) in [4.78, 5) is 2.23. The Morgan fingerprint density at radius 1 is 1.31 bits per heavy atom. The van der Waals surface area contributed by atoms with Crippen LogP contribution in [0, 0.1) is 16.7 Å².